The normalized spacial score (nSPS) is 10.3. The molecule has 0 aliphatic carbocycles. The van der Waals surface area contributed by atoms with E-state index in [4.69, 9.17) is 5.11 Å². The van der Waals surface area contributed by atoms with E-state index >= 15 is 0 Å². The van der Waals surface area contributed by atoms with Crippen molar-refractivity contribution in [3.8, 4) is 5.75 Å². The highest BCUT2D eigenvalue weighted by molar-refractivity contribution is 5.47. The molecule has 0 radical (unpaired) electrons. The molecular weight excluding hydrogens is 138 g/mol. The molecule has 0 amide bonds. The van der Waals surface area contributed by atoms with E-state index < -0.39 is 0 Å². The summed E-state index contributed by atoms with van der Waals surface area (Å²) in [5.74, 6) is 0.288. The molecule has 1 rings (SSSR count). The molecule has 0 aliphatic heterocycles. The largest absolute Gasteiger partial charge is 0.508 e. The molecule has 0 aromatic heterocycles. The number of hydrogen-bond donors (Lipinski definition) is 2. The van der Waals surface area contributed by atoms with Gasteiger partial charge in [0.05, 0.1) is 0 Å². The summed E-state index contributed by atoms with van der Waals surface area (Å²) >= 11 is 0. The third-order valence-electron chi connectivity index (χ3n) is 1.28. The summed E-state index contributed by atoms with van der Waals surface area (Å²) in [6.07, 6.45) is 3.75. The monoisotopic (exact) mass is 149 g/mol. The Morgan fingerprint density at radius 3 is 2.45 bits per heavy atom. The van der Waals surface area contributed by atoms with Gasteiger partial charge in [0.2, 0.25) is 0 Å². The smallest absolute Gasteiger partial charge is 0.115 e. The zero-order valence-corrected chi connectivity index (χ0v) is 6.41. The van der Waals surface area contributed by atoms with Crippen LogP contribution in [0.2, 0.25) is 0 Å². The van der Waals surface area contributed by atoms with Crippen LogP contribution < -0.4 is 5.32 Å². The number of allylic oxidation sites excluding steroid dienone is 1. The number of phenolic OH excluding ortho intramolecular Hbond substituents is 1. The number of hydrogen-bond acceptors (Lipinski definition) is 2. The maximum Gasteiger partial charge on any atom is 0.115 e. The standard InChI is InChI=1S/C9H11NO/c1-2-7-10-8-3-5-9(11)6-4-8/h2-7,10-11H,1H3. The lowest BCUT2D eigenvalue weighted by Crippen LogP contribution is -1.84. The van der Waals surface area contributed by atoms with Gasteiger partial charge in [-0.1, -0.05) is 6.08 Å². The molecule has 2 nitrogen and oxygen atoms in total. The summed E-state index contributed by atoms with van der Waals surface area (Å²) in [5, 5.41) is 12.0. The molecule has 2 heteroatoms. The first-order valence-corrected chi connectivity index (χ1v) is 3.49. The van der Waals surface area contributed by atoms with E-state index in [1.165, 1.54) is 0 Å². The predicted octanol–water partition coefficient (Wildman–Crippen LogP) is 2.34. The predicted molar refractivity (Wildman–Crippen MR) is 46.5 cm³/mol. The van der Waals surface area contributed by atoms with Crippen LogP contribution in [0.4, 0.5) is 5.69 Å². The van der Waals surface area contributed by atoms with Crippen LogP contribution >= 0.6 is 0 Å². The fraction of sp³-hybridized carbons (Fsp3) is 0.111. The van der Waals surface area contributed by atoms with Crippen LogP contribution in [0, 0.1) is 0 Å². The maximum atomic E-state index is 8.94. The number of nitrogens with one attached hydrogen (secondary N) is 1. The molecule has 0 atom stereocenters. The van der Waals surface area contributed by atoms with E-state index in [-0.39, 0.29) is 5.75 Å². The Labute approximate surface area is 66.2 Å². The molecule has 0 heterocycles. The van der Waals surface area contributed by atoms with E-state index in [1.807, 2.05) is 31.3 Å². The topological polar surface area (TPSA) is 32.3 Å². The Kier molecular flexibility index (Phi) is 2.55. The van der Waals surface area contributed by atoms with Crippen molar-refractivity contribution < 1.29 is 5.11 Å². The summed E-state index contributed by atoms with van der Waals surface area (Å²) in [6.45, 7) is 1.94. The molecular formula is C9H11NO. The number of phenols is 1. The minimum atomic E-state index is 0.288. The summed E-state index contributed by atoms with van der Waals surface area (Å²) in [4.78, 5) is 0. The Hall–Kier alpha value is -1.44. The molecule has 0 unspecified atom stereocenters. The molecule has 0 aliphatic rings. The number of anilines is 1. The van der Waals surface area contributed by atoms with Crippen molar-refractivity contribution in [2.45, 2.75) is 6.92 Å². The SMILES string of the molecule is CC=CNc1ccc(O)cc1. The zero-order valence-electron chi connectivity index (χ0n) is 6.41. The molecule has 11 heavy (non-hydrogen) atoms. The van der Waals surface area contributed by atoms with Crippen LogP contribution in [0.25, 0.3) is 0 Å². The third-order valence-corrected chi connectivity index (χ3v) is 1.28. The number of aromatic hydroxyl groups is 1. The first-order chi connectivity index (χ1) is 5.33. The lowest BCUT2D eigenvalue weighted by atomic mass is 10.3. The van der Waals surface area contributed by atoms with Gasteiger partial charge in [0, 0.05) is 5.69 Å². The van der Waals surface area contributed by atoms with Gasteiger partial charge in [-0.25, -0.2) is 0 Å². The fourth-order valence-electron chi connectivity index (χ4n) is 0.737. The Balaban J connectivity index is 2.66. The van der Waals surface area contributed by atoms with Gasteiger partial charge < -0.3 is 10.4 Å². The molecule has 0 bridgehead atoms. The summed E-state index contributed by atoms with van der Waals surface area (Å²) in [5.41, 5.74) is 0.973. The van der Waals surface area contributed by atoms with E-state index in [0.717, 1.165) is 5.69 Å². The van der Waals surface area contributed by atoms with Gasteiger partial charge in [-0.15, -0.1) is 0 Å². The fourth-order valence-corrected chi connectivity index (χ4v) is 0.737. The van der Waals surface area contributed by atoms with E-state index in [0.29, 0.717) is 0 Å². The Morgan fingerprint density at radius 2 is 1.91 bits per heavy atom. The minimum Gasteiger partial charge on any atom is -0.508 e. The quantitative estimate of drug-likeness (QED) is 0.632. The number of rotatable bonds is 2. The van der Waals surface area contributed by atoms with Crippen LogP contribution in [0.1, 0.15) is 6.92 Å². The van der Waals surface area contributed by atoms with E-state index in [2.05, 4.69) is 5.32 Å². The number of benzene rings is 1. The molecule has 0 saturated heterocycles. The van der Waals surface area contributed by atoms with Crippen LogP contribution in [-0.4, -0.2) is 5.11 Å². The molecule has 0 saturated carbocycles. The summed E-state index contributed by atoms with van der Waals surface area (Å²) in [6, 6.07) is 6.92. The van der Waals surface area contributed by atoms with Crippen molar-refractivity contribution in [1.29, 1.82) is 0 Å². The van der Waals surface area contributed by atoms with Gasteiger partial charge in [0.15, 0.2) is 0 Å². The van der Waals surface area contributed by atoms with Crippen molar-refractivity contribution in [1.82, 2.24) is 0 Å². The molecule has 1 aromatic rings. The van der Waals surface area contributed by atoms with Crippen molar-refractivity contribution in [3.63, 3.8) is 0 Å². The first kappa shape index (κ1) is 7.66. The zero-order chi connectivity index (χ0) is 8.10. The van der Waals surface area contributed by atoms with Gasteiger partial charge in [-0.3, -0.25) is 0 Å². The average molecular weight is 149 g/mol. The lowest BCUT2D eigenvalue weighted by molar-refractivity contribution is 0.475. The highest BCUT2D eigenvalue weighted by Gasteiger charge is 1.87. The van der Waals surface area contributed by atoms with E-state index in [1.54, 1.807) is 12.1 Å². The average Bonchev–Trinajstić information content (AvgIpc) is 2.04. The van der Waals surface area contributed by atoms with Crippen molar-refractivity contribution >= 4 is 5.69 Å². The highest BCUT2D eigenvalue weighted by atomic mass is 16.3. The molecule has 2 N–H and O–H groups in total. The van der Waals surface area contributed by atoms with Gasteiger partial charge in [-0.05, 0) is 37.4 Å². The van der Waals surface area contributed by atoms with Crippen molar-refractivity contribution in [3.05, 3.63) is 36.5 Å². The third kappa shape index (κ3) is 2.34. The van der Waals surface area contributed by atoms with Gasteiger partial charge in [0.25, 0.3) is 0 Å². The molecule has 58 valence electrons. The van der Waals surface area contributed by atoms with Crippen LogP contribution in [0.15, 0.2) is 36.5 Å². The van der Waals surface area contributed by atoms with Gasteiger partial charge >= 0.3 is 0 Å². The summed E-state index contributed by atoms with van der Waals surface area (Å²) < 4.78 is 0. The Morgan fingerprint density at radius 1 is 1.27 bits per heavy atom. The van der Waals surface area contributed by atoms with Crippen molar-refractivity contribution in [2.75, 3.05) is 5.32 Å². The van der Waals surface area contributed by atoms with Crippen molar-refractivity contribution in [2.24, 2.45) is 0 Å². The van der Waals surface area contributed by atoms with Gasteiger partial charge in [-0.2, -0.15) is 0 Å². The van der Waals surface area contributed by atoms with Crippen LogP contribution in [0.3, 0.4) is 0 Å². The second kappa shape index (κ2) is 3.66. The van der Waals surface area contributed by atoms with Crippen LogP contribution in [0.5, 0.6) is 5.75 Å². The minimum absolute atomic E-state index is 0.288. The maximum absolute atomic E-state index is 8.94. The second-order valence-electron chi connectivity index (χ2n) is 2.19. The first-order valence-electron chi connectivity index (χ1n) is 3.49. The Bertz CT molecular complexity index is 238. The lowest BCUT2D eigenvalue weighted by Gasteiger charge is -1.98. The summed E-state index contributed by atoms with van der Waals surface area (Å²) in [7, 11) is 0. The second-order valence-corrected chi connectivity index (χ2v) is 2.19. The van der Waals surface area contributed by atoms with Crippen LogP contribution in [-0.2, 0) is 0 Å². The van der Waals surface area contributed by atoms with E-state index in [9.17, 15) is 0 Å². The molecule has 1 aromatic carbocycles. The molecule has 0 spiro atoms. The molecule has 0 fully saturated rings. The van der Waals surface area contributed by atoms with Gasteiger partial charge in [0.1, 0.15) is 5.75 Å². The highest BCUT2D eigenvalue weighted by Crippen LogP contribution is 2.13.